The highest BCUT2D eigenvalue weighted by atomic mass is 16.5. The molecule has 0 aromatic rings. The van der Waals surface area contributed by atoms with Gasteiger partial charge >= 0.3 is 0 Å². The van der Waals surface area contributed by atoms with Gasteiger partial charge in [-0.2, -0.15) is 0 Å². The summed E-state index contributed by atoms with van der Waals surface area (Å²) < 4.78 is 5.76. The molecule has 2 heteroatoms. The molecule has 0 aromatic carbocycles. The monoisotopic (exact) mass is 171 g/mol. The second kappa shape index (κ2) is 4.83. The average Bonchev–Trinajstić information content (AvgIpc) is 2.05. The van der Waals surface area contributed by atoms with Gasteiger partial charge in [-0.15, -0.1) is 0 Å². The van der Waals surface area contributed by atoms with E-state index in [4.69, 9.17) is 4.74 Å². The van der Waals surface area contributed by atoms with E-state index in [1.54, 1.807) is 0 Å². The molecular weight excluding hydrogens is 150 g/mol. The van der Waals surface area contributed by atoms with E-state index in [0.29, 0.717) is 12.2 Å². The topological polar surface area (TPSA) is 12.5 Å². The second-order valence-corrected chi connectivity index (χ2v) is 3.82. The lowest BCUT2D eigenvalue weighted by Crippen LogP contribution is -2.37. The van der Waals surface area contributed by atoms with Crippen molar-refractivity contribution < 1.29 is 4.74 Å². The average molecular weight is 171 g/mol. The van der Waals surface area contributed by atoms with Crippen molar-refractivity contribution in [3.05, 3.63) is 0 Å². The largest absolute Gasteiger partial charge is 0.375 e. The fraction of sp³-hybridized carbons (Fsp3) is 1.00. The fourth-order valence-corrected chi connectivity index (χ4v) is 1.75. The molecule has 0 N–H and O–H groups in total. The van der Waals surface area contributed by atoms with Gasteiger partial charge in [0.05, 0.1) is 12.2 Å². The van der Waals surface area contributed by atoms with Crippen molar-refractivity contribution in [3.63, 3.8) is 0 Å². The van der Waals surface area contributed by atoms with Crippen molar-refractivity contribution in [1.29, 1.82) is 0 Å². The van der Waals surface area contributed by atoms with Gasteiger partial charge in [-0.25, -0.2) is 0 Å². The molecule has 0 saturated carbocycles. The van der Waals surface area contributed by atoms with Crippen LogP contribution in [0.5, 0.6) is 0 Å². The third-order valence-corrected chi connectivity index (χ3v) is 2.45. The standard InChI is InChI=1S/C10H21NO/c1-4-11-7-5-10(6-8-11)12-9(2)3/h9-10H,4-8H2,1-3H3. The van der Waals surface area contributed by atoms with Gasteiger partial charge in [0.15, 0.2) is 0 Å². The molecule has 12 heavy (non-hydrogen) atoms. The maximum Gasteiger partial charge on any atom is 0.0603 e. The lowest BCUT2D eigenvalue weighted by Gasteiger charge is -2.31. The van der Waals surface area contributed by atoms with E-state index in [1.807, 2.05) is 0 Å². The summed E-state index contributed by atoms with van der Waals surface area (Å²) in [7, 11) is 0. The molecule has 1 rings (SSSR count). The molecular formula is C10H21NO. The van der Waals surface area contributed by atoms with E-state index in [-0.39, 0.29) is 0 Å². The Morgan fingerprint density at radius 3 is 2.33 bits per heavy atom. The van der Waals surface area contributed by atoms with Crippen molar-refractivity contribution in [2.45, 2.75) is 45.8 Å². The number of likely N-dealkylation sites (tertiary alicyclic amines) is 1. The van der Waals surface area contributed by atoms with Gasteiger partial charge in [0, 0.05) is 13.1 Å². The number of hydrogen-bond acceptors (Lipinski definition) is 2. The van der Waals surface area contributed by atoms with Crippen LogP contribution in [-0.2, 0) is 4.74 Å². The maximum atomic E-state index is 5.76. The molecule has 0 unspecified atom stereocenters. The second-order valence-electron chi connectivity index (χ2n) is 3.82. The minimum Gasteiger partial charge on any atom is -0.375 e. The summed E-state index contributed by atoms with van der Waals surface area (Å²) in [6.45, 7) is 10.1. The SMILES string of the molecule is CCN1CCC(OC(C)C)CC1. The zero-order chi connectivity index (χ0) is 8.97. The molecule has 1 aliphatic heterocycles. The molecule has 0 aromatic heterocycles. The van der Waals surface area contributed by atoms with Gasteiger partial charge < -0.3 is 9.64 Å². The van der Waals surface area contributed by atoms with Crippen molar-refractivity contribution >= 4 is 0 Å². The molecule has 72 valence electrons. The number of rotatable bonds is 3. The first-order valence-electron chi connectivity index (χ1n) is 5.10. The first kappa shape index (κ1) is 10.0. The lowest BCUT2D eigenvalue weighted by molar-refractivity contribution is -0.0259. The molecule has 2 nitrogen and oxygen atoms in total. The highest BCUT2D eigenvalue weighted by Gasteiger charge is 2.18. The molecule has 1 aliphatic rings. The van der Waals surface area contributed by atoms with Crippen molar-refractivity contribution in [2.24, 2.45) is 0 Å². The number of hydrogen-bond donors (Lipinski definition) is 0. The number of piperidine rings is 1. The van der Waals surface area contributed by atoms with Crippen LogP contribution >= 0.6 is 0 Å². The summed E-state index contributed by atoms with van der Waals surface area (Å²) in [6, 6.07) is 0. The van der Waals surface area contributed by atoms with Gasteiger partial charge in [-0.3, -0.25) is 0 Å². The van der Waals surface area contributed by atoms with Gasteiger partial charge in [-0.1, -0.05) is 6.92 Å². The lowest BCUT2D eigenvalue weighted by atomic mass is 10.1. The summed E-state index contributed by atoms with van der Waals surface area (Å²) in [5, 5.41) is 0. The van der Waals surface area contributed by atoms with Gasteiger partial charge in [0.1, 0.15) is 0 Å². The van der Waals surface area contributed by atoms with Crippen LogP contribution in [0.3, 0.4) is 0 Å². The predicted molar refractivity (Wildman–Crippen MR) is 51.4 cm³/mol. The molecule has 0 aliphatic carbocycles. The molecule has 0 bridgehead atoms. The number of nitrogens with zero attached hydrogens (tertiary/aromatic N) is 1. The molecule has 1 fully saturated rings. The third-order valence-electron chi connectivity index (χ3n) is 2.45. The highest BCUT2D eigenvalue weighted by molar-refractivity contribution is 4.71. The zero-order valence-corrected chi connectivity index (χ0v) is 8.55. The molecule has 0 spiro atoms. The Balaban J connectivity index is 2.17. The Morgan fingerprint density at radius 1 is 1.33 bits per heavy atom. The maximum absolute atomic E-state index is 5.76. The summed E-state index contributed by atoms with van der Waals surface area (Å²) in [4.78, 5) is 2.49. The van der Waals surface area contributed by atoms with Crippen LogP contribution in [0.4, 0.5) is 0 Å². The van der Waals surface area contributed by atoms with Crippen LogP contribution in [-0.4, -0.2) is 36.7 Å². The summed E-state index contributed by atoms with van der Waals surface area (Å²) in [5.74, 6) is 0. The highest BCUT2D eigenvalue weighted by Crippen LogP contribution is 2.14. The van der Waals surface area contributed by atoms with Crippen LogP contribution in [0.25, 0.3) is 0 Å². The predicted octanol–water partition coefficient (Wildman–Crippen LogP) is 1.90. The van der Waals surface area contributed by atoms with Crippen LogP contribution in [0.15, 0.2) is 0 Å². The van der Waals surface area contributed by atoms with E-state index in [9.17, 15) is 0 Å². The Kier molecular flexibility index (Phi) is 4.02. The molecule has 1 heterocycles. The van der Waals surface area contributed by atoms with Gasteiger partial charge in [0.25, 0.3) is 0 Å². The van der Waals surface area contributed by atoms with E-state index in [1.165, 1.54) is 32.5 Å². The minimum absolute atomic E-state index is 0.392. The van der Waals surface area contributed by atoms with Crippen molar-refractivity contribution in [3.8, 4) is 0 Å². The Morgan fingerprint density at radius 2 is 1.92 bits per heavy atom. The smallest absolute Gasteiger partial charge is 0.0603 e. The van der Waals surface area contributed by atoms with Crippen molar-refractivity contribution in [1.82, 2.24) is 4.90 Å². The first-order chi connectivity index (χ1) is 5.72. The summed E-state index contributed by atoms with van der Waals surface area (Å²) >= 11 is 0. The van der Waals surface area contributed by atoms with Crippen molar-refractivity contribution in [2.75, 3.05) is 19.6 Å². The number of ether oxygens (including phenoxy) is 1. The molecule has 0 radical (unpaired) electrons. The molecule has 1 saturated heterocycles. The molecule has 0 atom stereocenters. The third kappa shape index (κ3) is 3.11. The van der Waals surface area contributed by atoms with Gasteiger partial charge in [-0.05, 0) is 33.2 Å². The zero-order valence-electron chi connectivity index (χ0n) is 8.55. The quantitative estimate of drug-likeness (QED) is 0.643. The van der Waals surface area contributed by atoms with E-state index < -0.39 is 0 Å². The van der Waals surface area contributed by atoms with Crippen LogP contribution in [0.2, 0.25) is 0 Å². The fourth-order valence-electron chi connectivity index (χ4n) is 1.75. The van der Waals surface area contributed by atoms with Crippen LogP contribution in [0, 0.1) is 0 Å². The first-order valence-corrected chi connectivity index (χ1v) is 5.10. The van der Waals surface area contributed by atoms with Gasteiger partial charge in [0.2, 0.25) is 0 Å². The van der Waals surface area contributed by atoms with E-state index >= 15 is 0 Å². The Bertz CT molecular complexity index is 117. The molecule has 0 amide bonds. The normalized spacial score (nSPS) is 22.0. The summed E-state index contributed by atoms with van der Waals surface area (Å²) in [6.07, 6.45) is 3.34. The Labute approximate surface area is 75.9 Å². The Hall–Kier alpha value is -0.0800. The summed E-state index contributed by atoms with van der Waals surface area (Å²) in [5.41, 5.74) is 0. The minimum atomic E-state index is 0.392. The van der Waals surface area contributed by atoms with Crippen LogP contribution in [0.1, 0.15) is 33.6 Å². The van der Waals surface area contributed by atoms with E-state index in [2.05, 4.69) is 25.7 Å². The van der Waals surface area contributed by atoms with E-state index in [0.717, 1.165) is 0 Å². The van der Waals surface area contributed by atoms with Crippen LogP contribution < -0.4 is 0 Å².